The summed E-state index contributed by atoms with van der Waals surface area (Å²) in [6.45, 7) is 0.214. The van der Waals surface area contributed by atoms with E-state index in [1.54, 1.807) is 0 Å². The predicted molar refractivity (Wildman–Crippen MR) is 51.1 cm³/mol. The van der Waals surface area contributed by atoms with Gasteiger partial charge in [0.05, 0.1) is 0 Å². The lowest BCUT2D eigenvalue weighted by atomic mass is 9.90. The molecule has 0 aromatic heterocycles. The van der Waals surface area contributed by atoms with Crippen molar-refractivity contribution >= 4 is 19.5 Å². The third kappa shape index (κ3) is 1.84. The summed E-state index contributed by atoms with van der Waals surface area (Å²) in [6, 6.07) is -1.78. The van der Waals surface area contributed by atoms with Crippen LogP contribution in [-0.4, -0.2) is 49.7 Å². The van der Waals surface area contributed by atoms with Crippen LogP contribution in [0.25, 0.3) is 0 Å². The molecule has 0 bridgehead atoms. The Hall–Kier alpha value is -0.950. The fraction of sp³-hybridized carbons (Fsp3) is 0.714. The average Bonchev–Trinajstić information content (AvgIpc) is 2.15. The van der Waals surface area contributed by atoms with Crippen molar-refractivity contribution in [3.63, 3.8) is 0 Å². The van der Waals surface area contributed by atoms with Gasteiger partial charge in [0.1, 0.15) is 6.04 Å². The van der Waals surface area contributed by atoms with Crippen molar-refractivity contribution in [3.05, 3.63) is 0 Å². The summed E-state index contributed by atoms with van der Waals surface area (Å²) in [7, 11) is -5.08. The molecule has 1 rings (SSSR count). The van der Waals surface area contributed by atoms with Crippen LogP contribution in [-0.2, 0) is 14.2 Å². The Morgan fingerprint density at radius 3 is 2.19 bits per heavy atom. The van der Waals surface area contributed by atoms with E-state index in [0.29, 0.717) is 0 Å². The molecular weight excluding hydrogens is 241 g/mol. The van der Waals surface area contributed by atoms with Crippen LogP contribution >= 0.6 is 7.60 Å². The molecule has 1 fully saturated rings. The molecule has 8 nitrogen and oxygen atoms in total. The molecule has 16 heavy (non-hydrogen) atoms. The SMILES string of the molecule is O=C(O)C1NCCCC1(C(=O)O)P(=O)(O)O. The number of piperidine rings is 1. The highest BCUT2D eigenvalue weighted by molar-refractivity contribution is 7.55. The summed E-state index contributed by atoms with van der Waals surface area (Å²) in [5.41, 5.74) is 0. The van der Waals surface area contributed by atoms with Gasteiger partial charge in [0, 0.05) is 0 Å². The molecule has 0 aliphatic carbocycles. The molecule has 5 N–H and O–H groups in total. The van der Waals surface area contributed by atoms with Gasteiger partial charge in [-0.05, 0) is 19.4 Å². The second-order valence-corrected chi connectivity index (χ2v) is 5.49. The molecule has 1 saturated heterocycles. The molecular formula is C7H12NO7P. The number of carboxylic acids is 2. The quantitative estimate of drug-likeness (QED) is 0.395. The number of hydrogen-bond acceptors (Lipinski definition) is 4. The van der Waals surface area contributed by atoms with Gasteiger partial charge in [0.15, 0.2) is 5.16 Å². The topological polar surface area (TPSA) is 144 Å². The number of aliphatic carboxylic acids is 2. The fourth-order valence-electron chi connectivity index (χ4n) is 1.88. The monoisotopic (exact) mass is 253 g/mol. The van der Waals surface area contributed by atoms with E-state index in [2.05, 4.69) is 5.32 Å². The highest BCUT2D eigenvalue weighted by Crippen LogP contribution is 2.56. The second-order valence-electron chi connectivity index (χ2n) is 3.60. The van der Waals surface area contributed by atoms with Crippen molar-refractivity contribution in [2.24, 2.45) is 0 Å². The lowest BCUT2D eigenvalue weighted by Crippen LogP contribution is -2.62. The highest BCUT2D eigenvalue weighted by Gasteiger charge is 2.62. The van der Waals surface area contributed by atoms with Gasteiger partial charge in [-0.15, -0.1) is 0 Å². The molecule has 0 spiro atoms. The van der Waals surface area contributed by atoms with Crippen LogP contribution in [0.1, 0.15) is 12.8 Å². The number of carbonyl (C=O) groups is 2. The summed E-state index contributed by atoms with van der Waals surface area (Å²) in [4.78, 5) is 40.1. The van der Waals surface area contributed by atoms with Gasteiger partial charge in [-0.25, -0.2) is 0 Å². The first-order chi connectivity index (χ1) is 7.23. The summed E-state index contributed by atoms with van der Waals surface area (Å²) in [6.07, 6.45) is -0.169. The minimum absolute atomic E-state index is 0.196. The van der Waals surface area contributed by atoms with E-state index in [-0.39, 0.29) is 19.4 Å². The van der Waals surface area contributed by atoms with Crippen molar-refractivity contribution in [2.45, 2.75) is 24.0 Å². The smallest absolute Gasteiger partial charge is 0.345 e. The van der Waals surface area contributed by atoms with Crippen molar-refractivity contribution in [2.75, 3.05) is 6.54 Å². The molecule has 0 saturated carbocycles. The van der Waals surface area contributed by atoms with Gasteiger partial charge in [-0.1, -0.05) is 0 Å². The van der Waals surface area contributed by atoms with Crippen molar-refractivity contribution in [1.82, 2.24) is 5.32 Å². The van der Waals surface area contributed by atoms with Crippen LogP contribution in [0.5, 0.6) is 0 Å². The highest BCUT2D eigenvalue weighted by atomic mass is 31.2. The van der Waals surface area contributed by atoms with E-state index in [9.17, 15) is 14.2 Å². The number of carboxylic acid groups (broad SMARTS) is 2. The maximum atomic E-state index is 11.3. The minimum atomic E-state index is -5.08. The Labute approximate surface area is 90.4 Å². The molecule has 1 heterocycles. The second kappa shape index (κ2) is 4.14. The lowest BCUT2D eigenvalue weighted by Gasteiger charge is -2.38. The first kappa shape index (κ1) is 13.1. The third-order valence-electron chi connectivity index (χ3n) is 2.70. The largest absolute Gasteiger partial charge is 0.480 e. The van der Waals surface area contributed by atoms with Crippen LogP contribution in [0.15, 0.2) is 0 Å². The molecule has 2 atom stereocenters. The van der Waals surface area contributed by atoms with E-state index in [4.69, 9.17) is 20.0 Å². The Morgan fingerprint density at radius 2 is 1.88 bits per heavy atom. The molecule has 0 amide bonds. The van der Waals surface area contributed by atoms with Gasteiger partial charge < -0.3 is 25.3 Å². The molecule has 2 unspecified atom stereocenters. The van der Waals surface area contributed by atoms with Crippen LogP contribution in [0.3, 0.4) is 0 Å². The van der Waals surface area contributed by atoms with Gasteiger partial charge in [-0.2, -0.15) is 0 Å². The van der Waals surface area contributed by atoms with Crippen molar-refractivity contribution in [1.29, 1.82) is 0 Å². The first-order valence-corrected chi connectivity index (χ1v) is 6.10. The van der Waals surface area contributed by atoms with E-state index < -0.39 is 30.7 Å². The molecule has 0 aromatic rings. The number of nitrogens with one attached hydrogen (secondary N) is 1. The maximum Gasteiger partial charge on any atom is 0.345 e. The Morgan fingerprint density at radius 1 is 1.31 bits per heavy atom. The summed E-state index contributed by atoms with van der Waals surface area (Å²) < 4.78 is 11.3. The summed E-state index contributed by atoms with van der Waals surface area (Å²) >= 11 is 0. The Bertz CT molecular complexity index is 364. The van der Waals surface area contributed by atoms with Gasteiger partial charge >= 0.3 is 19.5 Å². The van der Waals surface area contributed by atoms with Crippen LogP contribution in [0, 0.1) is 0 Å². The van der Waals surface area contributed by atoms with Crippen molar-refractivity contribution < 1.29 is 34.2 Å². The van der Waals surface area contributed by atoms with Crippen LogP contribution in [0.4, 0.5) is 0 Å². The molecule has 1 aliphatic heterocycles. The zero-order valence-electron chi connectivity index (χ0n) is 8.16. The Balaban J connectivity index is 3.30. The minimum Gasteiger partial charge on any atom is -0.480 e. The molecule has 92 valence electrons. The first-order valence-electron chi connectivity index (χ1n) is 4.48. The molecule has 9 heteroatoms. The van der Waals surface area contributed by atoms with E-state index >= 15 is 0 Å². The standard InChI is InChI=1S/C7H12NO7P/c9-5(10)4-7(6(11)12,16(13,14)15)2-1-3-8-4/h4,8H,1-3H2,(H,9,10)(H,11,12)(H2,13,14,15). The number of rotatable bonds is 3. The molecule has 0 radical (unpaired) electrons. The van der Waals surface area contributed by atoms with E-state index in [0.717, 1.165) is 0 Å². The predicted octanol–water partition coefficient (Wildman–Crippen LogP) is -1.18. The van der Waals surface area contributed by atoms with Gasteiger partial charge in [-0.3, -0.25) is 14.2 Å². The Kier molecular flexibility index (Phi) is 3.39. The maximum absolute atomic E-state index is 11.3. The zero-order valence-corrected chi connectivity index (χ0v) is 9.05. The van der Waals surface area contributed by atoms with Gasteiger partial charge in [0.2, 0.25) is 0 Å². The van der Waals surface area contributed by atoms with Crippen molar-refractivity contribution in [3.8, 4) is 0 Å². The normalized spacial score (nSPS) is 31.0. The summed E-state index contributed by atoms with van der Waals surface area (Å²) in [5, 5.41) is 17.5. The summed E-state index contributed by atoms with van der Waals surface area (Å²) in [5.74, 6) is -3.37. The van der Waals surface area contributed by atoms with Gasteiger partial charge in [0.25, 0.3) is 0 Å². The average molecular weight is 253 g/mol. The lowest BCUT2D eigenvalue weighted by molar-refractivity contribution is -0.151. The molecule has 1 aliphatic rings. The fourth-order valence-corrected chi connectivity index (χ4v) is 3.11. The van der Waals surface area contributed by atoms with Crippen LogP contribution < -0.4 is 5.32 Å². The molecule has 0 aromatic carbocycles. The number of hydrogen-bond donors (Lipinski definition) is 5. The third-order valence-corrected chi connectivity index (χ3v) is 4.41. The zero-order chi connectivity index (χ0) is 12.6. The van der Waals surface area contributed by atoms with Crippen LogP contribution in [0.2, 0.25) is 0 Å². The van der Waals surface area contributed by atoms with E-state index in [1.807, 2.05) is 0 Å². The van der Waals surface area contributed by atoms with E-state index in [1.165, 1.54) is 0 Å².